The van der Waals surface area contributed by atoms with Gasteiger partial charge in [0, 0.05) is 93.0 Å². The second-order valence-electron chi connectivity index (χ2n) is 37.6. The molecule has 115 heavy (non-hydrogen) atoms. The van der Waals surface area contributed by atoms with Crippen LogP contribution in [0, 0.1) is 116 Å². The summed E-state index contributed by atoms with van der Waals surface area (Å²) in [5.41, 5.74) is 10.5. The van der Waals surface area contributed by atoms with E-state index >= 15 is 0 Å². The molecular weight excluding hydrogens is 1490 g/mol. The molecule has 15 heteroatoms. The van der Waals surface area contributed by atoms with Gasteiger partial charge in [0.1, 0.15) is 0 Å². The van der Waals surface area contributed by atoms with Crippen molar-refractivity contribution in [3.63, 3.8) is 0 Å². The molecule has 0 fully saturated rings. The van der Waals surface area contributed by atoms with Gasteiger partial charge in [-0.05, 0) is 300 Å². The minimum atomic E-state index is -2.00. The van der Waals surface area contributed by atoms with Gasteiger partial charge in [-0.1, -0.05) is 163 Å². The summed E-state index contributed by atoms with van der Waals surface area (Å²) in [6, 6.07) is 41.2. The van der Waals surface area contributed by atoms with Gasteiger partial charge in [0.05, 0.1) is 58.2 Å². The maximum Gasteiger partial charge on any atom is 0.191 e. The molecule has 0 radical (unpaired) electrons. The monoisotopic (exact) mass is 1620 g/mol. The second kappa shape index (κ2) is 41.2. The first-order valence-electron chi connectivity index (χ1n) is 40.6. The molecule has 0 saturated heterocycles. The van der Waals surface area contributed by atoms with Gasteiger partial charge in [-0.3, -0.25) is 0 Å². The van der Waals surface area contributed by atoms with Crippen molar-refractivity contribution in [2.24, 2.45) is 0 Å². The Morgan fingerprint density at radius 3 is 0.513 bits per heavy atom. The Morgan fingerprint density at radius 2 is 0.383 bits per heavy atom. The molecule has 0 N–H and O–H groups in total. The zero-order chi connectivity index (χ0) is 85.4. The highest BCUT2D eigenvalue weighted by Crippen LogP contribution is 2.42. The lowest BCUT2D eigenvalue weighted by Crippen LogP contribution is -2.40. The van der Waals surface area contributed by atoms with Crippen molar-refractivity contribution in [2.45, 2.75) is 259 Å². The molecule has 0 unspecified atom stereocenters. The Bertz CT molecular complexity index is 4340. The lowest BCUT2D eigenvalue weighted by molar-refractivity contribution is 0.284. The lowest BCUT2D eigenvalue weighted by atomic mass is 9.93. The number of rotatable bonds is 20. The van der Waals surface area contributed by atoms with Gasteiger partial charge in [0.25, 0.3) is 0 Å². The average molecular weight is 1620 g/mol. The van der Waals surface area contributed by atoms with E-state index in [1.807, 2.05) is 121 Å². The molecule has 10 nitrogen and oxygen atoms in total. The Labute approximate surface area is 699 Å². The molecular formula is C100H125N5O5Si5. The highest BCUT2D eigenvalue weighted by atomic mass is 28.4. The number of nitriles is 5. The van der Waals surface area contributed by atoms with Crippen LogP contribution in [0.3, 0.4) is 0 Å². The number of unbranched alkanes of at least 4 members (excludes halogenated alkanes) is 5. The van der Waals surface area contributed by atoms with Crippen LogP contribution in [0.15, 0.2) is 91.0 Å². The third-order valence-corrected chi connectivity index (χ3v) is 45.9. The van der Waals surface area contributed by atoms with E-state index in [-0.39, 0.29) is 25.2 Å². The van der Waals surface area contributed by atoms with Crippen molar-refractivity contribution in [1.29, 1.82) is 26.3 Å². The molecule has 0 atom stereocenters. The Balaban J connectivity index is 1.71. The summed E-state index contributed by atoms with van der Waals surface area (Å²) in [6.07, 6.45) is 15.5. The van der Waals surface area contributed by atoms with E-state index < -0.39 is 41.6 Å². The van der Waals surface area contributed by atoms with Crippen LogP contribution >= 0.6 is 0 Å². The zero-order valence-electron chi connectivity index (χ0n) is 73.9. The van der Waals surface area contributed by atoms with Gasteiger partial charge in [-0.15, -0.1) is 0 Å². The Hall–Kier alpha value is -9.07. The van der Waals surface area contributed by atoms with Gasteiger partial charge in [0.2, 0.25) is 0 Å². The molecule has 5 aromatic carbocycles. The third-order valence-electron chi connectivity index (χ3n) is 23.2. The van der Waals surface area contributed by atoms with E-state index in [0.29, 0.717) is 176 Å². The van der Waals surface area contributed by atoms with Crippen LogP contribution in [-0.2, 0) is 22.1 Å². The van der Waals surface area contributed by atoms with Crippen molar-refractivity contribution in [2.75, 3.05) is 33.0 Å². The molecule has 0 heterocycles. The third kappa shape index (κ3) is 29.0. The summed E-state index contributed by atoms with van der Waals surface area (Å²) >= 11 is 0. The summed E-state index contributed by atoms with van der Waals surface area (Å²) in [5.74, 6) is 34.1. The Kier molecular flexibility index (Phi) is 33.9. The highest BCUT2D eigenvalue weighted by Gasteiger charge is 2.40. The van der Waals surface area contributed by atoms with E-state index in [1.54, 1.807) is 0 Å². The number of hydrogen-bond acceptors (Lipinski definition) is 10. The molecule has 0 aromatic heterocycles. The van der Waals surface area contributed by atoms with Crippen molar-refractivity contribution < 1.29 is 22.1 Å². The first kappa shape index (κ1) is 94.8. The number of benzene rings is 5. The van der Waals surface area contributed by atoms with E-state index in [1.165, 1.54) is 0 Å². The molecule has 1 aliphatic carbocycles. The van der Waals surface area contributed by atoms with E-state index in [9.17, 15) is 26.3 Å². The topological polar surface area (TPSA) is 165 Å². The summed E-state index contributed by atoms with van der Waals surface area (Å²) in [6.45, 7) is 58.9. The Morgan fingerprint density at radius 1 is 0.235 bits per heavy atom. The standard InChI is InChI=1S/C100H125N5O5Si5/c1-96(2,3)111(16,17)106-46-36-26-31-41-76-51-81-61-86(56-76)91(71-101)67-82-52-77(42-32-27-37-47-107-112(18,19)97(4,5)6)58-88(62-82)93(73-103)69-84-54-79(44-34-29-39-49-109-114(22,23)99(10,11)12)60-90(64-84)95(75-105)70-85-55-80(45-35-30-40-50-110-115(24,25)100(13,14)15)59-89(65-85)94(74-104)68-83-53-78(57-87(63-83)92(66-81)72-102)43-33-28-38-48-108-113(20,21)98(7,8)9/h51-70H,26-30,36-40,46-50H2,1-25H3/b91-67+,92-66+,93-69+,94-68+,95-70?. The maximum atomic E-state index is 11.4. The fraction of sp³-hybridized carbons (Fsp3) is 0.450. The van der Waals surface area contributed by atoms with Crippen molar-refractivity contribution in [3.05, 3.63) is 174 Å². The minimum absolute atomic E-state index is 0.0614. The fourth-order valence-electron chi connectivity index (χ4n) is 10.9. The smallest absolute Gasteiger partial charge is 0.191 e. The first-order valence-corrected chi connectivity index (χ1v) is 55.2. The predicted molar refractivity (Wildman–Crippen MR) is 496 cm³/mol. The molecule has 0 saturated carbocycles. The predicted octanol–water partition coefficient (Wildman–Crippen LogP) is 26.1. The fourth-order valence-corrected chi connectivity index (χ4v) is 16.3. The maximum absolute atomic E-state index is 11.4. The van der Waals surface area contributed by atoms with Gasteiger partial charge in [-0.2, -0.15) is 26.3 Å². The molecule has 5 aromatic rings. The van der Waals surface area contributed by atoms with E-state index in [2.05, 4.69) is 259 Å². The van der Waals surface area contributed by atoms with Crippen LogP contribution in [0.4, 0.5) is 0 Å². The number of fused-ring (bicyclic) bond motifs is 10. The lowest BCUT2D eigenvalue weighted by Gasteiger charge is -2.36. The molecule has 1 aliphatic rings. The molecule has 0 amide bonds. The van der Waals surface area contributed by atoms with Crippen LogP contribution < -0.4 is 0 Å². The van der Waals surface area contributed by atoms with Crippen LogP contribution in [0.25, 0.3) is 58.2 Å². The number of hydrogen-bond donors (Lipinski definition) is 0. The summed E-state index contributed by atoms with van der Waals surface area (Å²) in [5, 5.41) is 57.5. The summed E-state index contributed by atoms with van der Waals surface area (Å²) in [7, 11) is -9.98. The summed E-state index contributed by atoms with van der Waals surface area (Å²) < 4.78 is 32.7. The van der Waals surface area contributed by atoms with Crippen molar-refractivity contribution in [3.8, 4) is 89.6 Å². The first-order chi connectivity index (χ1) is 53.6. The molecule has 6 rings (SSSR count). The molecule has 600 valence electrons. The average Bonchev–Trinajstić information content (AvgIpc) is 1.16. The second-order valence-corrected chi connectivity index (χ2v) is 61.7. The quantitative estimate of drug-likeness (QED) is 0.0416. The molecule has 0 spiro atoms. The van der Waals surface area contributed by atoms with Crippen molar-refractivity contribution >= 4 is 99.8 Å². The van der Waals surface area contributed by atoms with Crippen LogP contribution in [0.5, 0.6) is 0 Å². The van der Waals surface area contributed by atoms with Gasteiger partial charge >= 0.3 is 0 Å². The normalized spacial score (nSPS) is 14.9. The minimum Gasteiger partial charge on any atom is -0.417 e. The van der Waals surface area contributed by atoms with Crippen LogP contribution in [-0.4, -0.2) is 74.6 Å². The van der Waals surface area contributed by atoms with E-state index in [0.717, 1.165) is 32.1 Å². The number of nitrogens with zero attached hydrogens (tertiary/aromatic N) is 5. The van der Waals surface area contributed by atoms with Crippen LogP contribution in [0.2, 0.25) is 90.7 Å². The zero-order valence-corrected chi connectivity index (χ0v) is 78.9. The van der Waals surface area contributed by atoms with Gasteiger partial charge in [-0.25, -0.2) is 0 Å². The number of allylic oxidation sites excluding steroid dienone is 5. The summed E-state index contributed by atoms with van der Waals surface area (Å²) in [4.78, 5) is 0. The van der Waals surface area contributed by atoms with Gasteiger partial charge < -0.3 is 22.1 Å². The molecule has 0 aliphatic heterocycles. The van der Waals surface area contributed by atoms with Gasteiger partial charge in [0.15, 0.2) is 41.6 Å². The SMILES string of the molecule is CC(C)(C)[Si](C)(C)OCCCC#Cc1cc2cc(c1)C(C#N)=Cc1cc(C#CCCCO[Si](C)(C)C(C)(C)C)cc(c1)/C(C#N)=C/c1cc(C#CCCCO[Si](C)(C)C(C)(C)C)cc(c1)/C(C#N)=C/c1cc(C#CCCCO[Si](C)(C)C(C)(C)C)cc(c1)/C(C#N)=C/c1cc(C#CCCCO[Si](C)(C)C(C)(C)C)cc(c1)/C(C#N)=C/2. The van der Waals surface area contributed by atoms with E-state index in [4.69, 9.17) is 22.1 Å². The van der Waals surface area contributed by atoms with Crippen LogP contribution in [0.1, 0.15) is 252 Å². The molecule has 10 bridgehead atoms. The largest absolute Gasteiger partial charge is 0.417 e. The van der Waals surface area contributed by atoms with Crippen molar-refractivity contribution in [1.82, 2.24) is 0 Å². The highest BCUT2D eigenvalue weighted by molar-refractivity contribution is 6.75.